The molecule has 22 heavy (non-hydrogen) atoms. The predicted octanol–water partition coefficient (Wildman–Crippen LogP) is 5.11. The highest BCUT2D eigenvalue weighted by molar-refractivity contribution is 5.93. The molecule has 3 heteroatoms. The van der Waals surface area contributed by atoms with E-state index in [1.807, 2.05) is 30.3 Å². The Kier molecular flexibility index (Phi) is 6.75. The Morgan fingerprint density at radius 3 is 2.23 bits per heavy atom. The molecule has 2 aromatic rings. The molecule has 0 spiro atoms. The summed E-state index contributed by atoms with van der Waals surface area (Å²) < 4.78 is 10.9. The van der Waals surface area contributed by atoms with E-state index in [2.05, 4.69) is 6.92 Å². The molecule has 0 radical (unpaired) electrons. The summed E-state index contributed by atoms with van der Waals surface area (Å²) in [6.07, 6.45) is 7.48. The number of unbranched alkanes of at least 4 members (excludes halogenated alkanes) is 5. The van der Waals surface area contributed by atoms with E-state index in [0.29, 0.717) is 12.2 Å². The standard InChI is InChI=1S/C19H24O3/c1-2-3-4-5-6-7-14-21-18-12-8-11-17-16(18)10-9-13-19(17)22-15-20/h8-13,15H,2-7,14H2,1H3. The smallest absolute Gasteiger partial charge is 0.298 e. The number of carbonyl (C=O) groups is 1. The maximum atomic E-state index is 10.6. The monoisotopic (exact) mass is 300 g/mol. The predicted molar refractivity (Wildman–Crippen MR) is 89.5 cm³/mol. The summed E-state index contributed by atoms with van der Waals surface area (Å²) in [4.78, 5) is 10.6. The van der Waals surface area contributed by atoms with Crippen LogP contribution in [0.4, 0.5) is 0 Å². The first kappa shape index (κ1) is 16.3. The maximum absolute atomic E-state index is 10.6. The molecule has 0 heterocycles. The van der Waals surface area contributed by atoms with E-state index in [-0.39, 0.29) is 0 Å². The molecule has 0 unspecified atom stereocenters. The summed E-state index contributed by atoms with van der Waals surface area (Å²) in [5.74, 6) is 1.42. The van der Waals surface area contributed by atoms with Gasteiger partial charge in [0.25, 0.3) is 6.47 Å². The van der Waals surface area contributed by atoms with Crippen molar-refractivity contribution in [3.05, 3.63) is 36.4 Å². The molecule has 2 aromatic carbocycles. The van der Waals surface area contributed by atoms with Gasteiger partial charge in [-0.25, -0.2) is 0 Å². The molecule has 0 aliphatic carbocycles. The third-order valence-corrected chi connectivity index (χ3v) is 3.77. The molecule has 0 N–H and O–H groups in total. The van der Waals surface area contributed by atoms with Crippen molar-refractivity contribution in [1.29, 1.82) is 0 Å². The van der Waals surface area contributed by atoms with Crippen molar-refractivity contribution >= 4 is 17.2 Å². The van der Waals surface area contributed by atoms with Crippen LogP contribution in [0.25, 0.3) is 10.8 Å². The fraction of sp³-hybridized carbons (Fsp3) is 0.421. The lowest BCUT2D eigenvalue weighted by Crippen LogP contribution is -1.98. The number of fused-ring (bicyclic) bond motifs is 1. The van der Waals surface area contributed by atoms with Gasteiger partial charge in [0.15, 0.2) is 0 Å². The molecule has 0 aromatic heterocycles. The molecule has 118 valence electrons. The summed E-state index contributed by atoms with van der Waals surface area (Å²) in [6, 6.07) is 11.5. The number of carbonyl (C=O) groups excluding carboxylic acids is 1. The molecule has 0 bridgehead atoms. The zero-order chi connectivity index (χ0) is 15.6. The van der Waals surface area contributed by atoms with E-state index >= 15 is 0 Å². The van der Waals surface area contributed by atoms with E-state index in [1.54, 1.807) is 6.07 Å². The third-order valence-electron chi connectivity index (χ3n) is 3.77. The minimum absolute atomic E-state index is 0.457. The van der Waals surface area contributed by atoms with Gasteiger partial charge in [0.1, 0.15) is 11.5 Å². The van der Waals surface area contributed by atoms with Crippen molar-refractivity contribution in [1.82, 2.24) is 0 Å². The van der Waals surface area contributed by atoms with Gasteiger partial charge in [-0.05, 0) is 18.6 Å². The number of rotatable bonds is 10. The van der Waals surface area contributed by atoms with Crippen LogP contribution in [0, 0.1) is 0 Å². The van der Waals surface area contributed by atoms with E-state index in [9.17, 15) is 4.79 Å². The van der Waals surface area contributed by atoms with E-state index in [4.69, 9.17) is 9.47 Å². The molecule has 0 aliphatic heterocycles. The van der Waals surface area contributed by atoms with Crippen LogP contribution < -0.4 is 9.47 Å². The average Bonchev–Trinajstić information content (AvgIpc) is 2.55. The van der Waals surface area contributed by atoms with E-state index < -0.39 is 0 Å². The van der Waals surface area contributed by atoms with Crippen molar-refractivity contribution in [2.24, 2.45) is 0 Å². The molecule has 0 amide bonds. The van der Waals surface area contributed by atoms with Gasteiger partial charge in [-0.2, -0.15) is 0 Å². The first-order valence-electron chi connectivity index (χ1n) is 8.11. The van der Waals surface area contributed by atoms with Gasteiger partial charge in [-0.3, -0.25) is 4.79 Å². The Balaban J connectivity index is 1.94. The van der Waals surface area contributed by atoms with Crippen LogP contribution in [0.5, 0.6) is 11.5 Å². The zero-order valence-electron chi connectivity index (χ0n) is 13.2. The quantitative estimate of drug-likeness (QED) is 0.451. The Labute approximate surface area is 132 Å². The topological polar surface area (TPSA) is 35.5 Å². The van der Waals surface area contributed by atoms with Crippen molar-refractivity contribution < 1.29 is 14.3 Å². The van der Waals surface area contributed by atoms with Crippen molar-refractivity contribution in [2.45, 2.75) is 45.4 Å². The van der Waals surface area contributed by atoms with Gasteiger partial charge in [-0.1, -0.05) is 63.3 Å². The average molecular weight is 300 g/mol. The van der Waals surface area contributed by atoms with E-state index in [1.165, 1.54) is 32.1 Å². The van der Waals surface area contributed by atoms with Gasteiger partial charge in [-0.15, -0.1) is 0 Å². The number of benzene rings is 2. The normalized spacial score (nSPS) is 10.6. The minimum Gasteiger partial charge on any atom is -0.493 e. The second kappa shape index (κ2) is 9.08. The fourth-order valence-electron chi connectivity index (χ4n) is 2.60. The summed E-state index contributed by atoms with van der Waals surface area (Å²) >= 11 is 0. The van der Waals surface area contributed by atoms with Crippen molar-refractivity contribution in [3.8, 4) is 11.5 Å². The Morgan fingerprint density at radius 1 is 0.864 bits per heavy atom. The number of hydrogen-bond donors (Lipinski definition) is 0. The SMILES string of the molecule is CCCCCCCCOc1cccc2c(OC=O)cccc12. The molecular weight excluding hydrogens is 276 g/mol. The zero-order valence-corrected chi connectivity index (χ0v) is 13.2. The number of hydrogen-bond acceptors (Lipinski definition) is 3. The van der Waals surface area contributed by atoms with Crippen LogP contribution in [0.3, 0.4) is 0 Å². The van der Waals surface area contributed by atoms with Gasteiger partial charge >= 0.3 is 0 Å². The Bertz CT molecular complexity index is 592. The lowest BCUT2D eigenvalue weighted by Gasteiger charge is -2.11. The summed E-state index contributed by atoms with van der Waals surface area (Å²) in [6.45, 7) is 3.41. The summed E-state index contributed by atoms with van der Waals surface area (Å²) in [5, 5.41) is 1.88. The van der Waals surface area contributed by atoms with Gasteiger partial charge in [0.05, 0.1) is 6.61 Å². The van der Waals surface area contributed by atoms with Gasteiger partial charge < -0.3 is 9.47 Å². The Morgan fingerprint density at radius 2 is 1.50 bits per heavy atom. The molecule has 0 fully saturated rings. The van der Waals surface area contributed by atoms with Crippen LogP contribution in [0.1, 0.15) is 45.4 Å². The first-order chi connectivity index (χ1) is 10.9. The van der Waals surface area contributed by atoms with Gasteiger partial charge in [0, 0.05) is 10.8 Å². The molecule has 0 saturated heterocycles. The van der Waals surface area contributed by atoms with Gasteiger partial charge in [0.2, 0.25) is 0 Å². The highest BCUT2D eigenvalue weighted by atomic mass is 16.5. The molecule has 0 aliphatic rings. The summed E-state index contributed by atoms with van der Waals surface area (Å²) in [5.41, 5.74) is 0. The highest BCUT2D eigenvalue weighted by Crippen LogP contribution is 2.32. The summed E-state index contributed by atoms with van der Waals surface area (Å²) in [7, 11) is 0. The minimum atomic E-state index is 0.457. The molecule has 3 nitrogen and oxygen atoms in total. The molecule has 0 atom stereocenters. The highest BCUT2D eigenvalue weighted by Gasteiger charge is 2.06. The van der Waals surface area contributed by atoms with Crippen LogP contribution >= 0.6 is 0 Å². The Hall–Kier alpha value is -2.03. The second-order valence-corrected chi connectivity index (χ2v) is 5.44. The lowest BCUT2D eigenvalue weighted by atomic mass is 10.1. The van der Waals surface area contributed by atoms with Crippen LogP contribution in [-0.4, -0.2) is 13.1 Å². The second-order valence-electron chi connectivity index (χ2n) is 5.44. The van der Waals surface area contributed by atoms with Crippen LogP contribution in [0.2, 0.25) is 0 Å². The van der Waals surface area contributed by atoms with E-state index in [0.717, 1.165) is 29.5 Å². The third kappa shape index (κ3) is 4.48. The first-order valence-corrected chi connectivity index (χ1v) is 8.11. The lowest BCUT2D eigenvalue weighted by molar-refractivity contribution is -0.120. The largest absolute Gasteiger partial charge is 0.493 e. The van der Waals surface area contributed by atoms with Crippen LogP contribution in [0.15, 0.2) is 36.4 Å². The van der Waals surface area contributed by atoms with Crippen molar-refractivity contribution in [3.63, 3.8) is 0 Å². The molecule has 0 saturated carbocycles. The molecular formula is C19H24O3. The van der Waals surface area contributed by atoms with Crippen LogP contribution in [-0.2, 0) is 4.79 Å². The molecule has 2 rings (SSSR count). The van der Waals surface area contributed by atoms with Crippen molar-refractivity contribution in [2.75, 3.05) is 6.61 Å². The maximum Gasteiger partial charge on any atom is 0.298 e. The fourth-order valence-corrected chi connectivity index (χ4v) is 2.60. The number of ether oxygens (including phenoxy) is 2.